The summed E-state index contributed by atoms with van der Waals surface area (Å²) in [5.74, 6) is -0.0257. The molecular weight excluding hydrogens is 424 g/mol. The van der Waals surface area contributed by atoms with Crippen molar-refractivity contribution in [3.8, 4) is 11.4 Å². The van der Waals surface area contributed by atoms with Crippen LogP contribution in [0, 0.1) is 16.0 Å². The van der Waals surface area contributed by atoms with E-state index >= 15 is 0 Å². The Kier molecular flexibility index (Phi) is 6.13. The molecule has 2 aromatic carbocycles. The number of anilines is 1. The number of hydrogen-bond acceptors (Lipinski definition) is 8. The number of nitro groups is 1. The molecule has 9 nitrogen and oxygen atoms in total. The second-order valence-electron chi connectivity index (χ2n) is 7.13. The fraction of sp³-hybridized carbons (Fsp3) is 0.286. The zero-order valence-electron chi connectivity index (χ0n) is 16.4. The lowest BCUT2D eigenvalue weighted by Crippen LogP contribution is -2.37. The van der Waals surface area contributed by atoms with Crippen LogP contribution in [-0.4, -0.2) is 34.1 Å². The highest BCUT2D eigenvalue weighted by atomic mass is 35.5. The van der Waals surface area contributed by atoms with Gasteiger partial charge in [-0.15, -0.1) is 0 Å². The third-order valence-electron chi connectivity index (χ3n) is 5.16. The summed E-state index contributed by atoms with van der Waals surface area (Å²) >= 11 is 5.87. The Bertz CT molecular complexity index is 1080. The summed E-state index contributed by atoms with van der Waals surface area (Å²) in [6.45, 7) is 0.960. The first-order chi connectivity index (χ1) is 15.0. The van der Waals surface area contributed by atoms with Crippen molar-refractivity contribution in [1.29, 1.82) is 0 Å². The number of rotatable bonds is 6. The number of carbonyl (C=O) groups excluding carboxylic acids is 1. The molecule has 31 heavy (non-hydrogen) atoms. The SMILES string of the molecule is O=C(OCc1nc(-c2ccc(Cl)cc2)no1)C1CCN(c2ccccc2[N+](=O)[O-])CC1. The molecule has 1 aliphatic heterocycles. The van der Waals surface area contributed by atoms with Crippen LogP contribution in [0.4, 0.5) is 11.4 Å². The molecule has 0 saturated carbocycles. The van der Waals surface area contributed by atoms with Crippen LogP contribution in [0.1, 0.15) is 18.7 Å². The van der Waals surface area contributed by atoms with Crippen LogP contribution in [0.25, 0.3) is 11.4 Å². The van der Waals surface area contributed by atoms with Gasteiger partial charge in [0.15, 0.2) is 6.61 Å². The van der Waals surface area contributed by atoms with Crippen molar-refractivity contribution >= 4 is 28.9 Å². The monoisotopic (exact) mass is 442 g/mol. The Morgan fingerprint density at radius 1 is 1.19 bits per heavy atom. The van der Waals surface area contributed by atoms with Crippen LogP contribution in [0.5, 0.6) is 0 Å². The van der Waals surface area contributed by atoms with Crippen molar-refractivity contribution in [1.82, 2.24) is 10.1 Å². The standard InChI is InChI=1S/C21H19ClN4O5/c22-16-7-5-14(6-8-16)20-23-19(31-24-20)13-30-21(27)15-9-11-25(12-10-15)17-3-1-2-4-18(17)26(28)29/h1-8,15H,9-13H2. The van der Waals surface area contributed by atoms with Crippen LogP contribution < -0.4 is 4.90 Å². The quantitative estimate of drug-likeness (QED) is 0.316. The molecule has 0 radical (unpaired) electrons. The predicted molar refractivity (Wildman–Crippen MR) is 113 cm³/mol. The van der Waals surface area contributed by atoms with Crippen molar-refractivity contribution in [3.63, 3.8) is 0 Å². The van der Waals surface area contributed by atoms with Gasteiger partial charge in [-0.05, 0) is 43.2 Å². The van der Waals surface area contributed by atoms with Crippen molar-refractivity contribution in [3.05, 3.63) is 69.6 Å². The predicted octanol–water partition coefficient (Wildman–Crippen LogP) is 4.26. The maximum atomic E-state index is 12.5. The summed E-state index contributed by atoms with van der Waals surface area (Å²) in [5.41, 5.74) is 1.38. The van der Waals surface area contributed by atoms with E-state index in [0.29, 0.717) is 42.5 Å². The van der Waals surface area contributed by atoms with E-state index in [1.165, 1.54) is 6.07 Å². The molecule has 1 aromatic heterocycles. The summed E-state index contributed by atoms with van der Waals surface area (Å²) in [6.07, 6.45) is 1.09. The molecule has 10 heteroatoms. The Hall–Kier alpha value is -3.46. The van der Waals surface area contributed by atoms with E-state index in [1.807, 2.05) is 4.90 Å². The van der Waals surface area contributed by atoms with E-state index in [4.69, 9.17) is 20.9 Å². The number of para-hydroxylation sites is 2. The summed E-state index contributed by atoms with van der Waals surface area (Å²) in [7, 11) is 0. The highest BCUT2D eigenvalue weighted by molar-refractivity contribution is 6.30. The molecule has 0 unspecified atom stereocenters. The molecule has 0 spiro atoms. The van der Waals surface area contributed by atoms with E-state index in [-0.39, 0.29) is 30.1 Å². The minimum absolute atomic E-state index is 0.0661. The Labute approximate surface area is 182 Å². The van der Waals surface area contributed by atoms with Gasteiger partial charge in [0.25, 0.3) is 11.6 Å². The molecule has 160 valence electrons. The number of nitro benzene ring substituents is 1. The van der Waals surface area contributed by atoms with E-state index in [2.05, 4.69) is 10.1 Å². The summed E-state index contributed by atoms with van der Waals surface area (Å²) < 4.78 is 10.5. The van der Waals surface area contributed by atoms with Crippen LogP contribution in [0.3, 0.4) is 0 Å². The lowest BCUT2D eigenvalue weighted by molar-refractivity contribution is -0.384. The summed E-state index contributed by atoms with van der Waals surface area (Å²) in [5, 5.41) is 15.7. The zero-order chi connectivity index (χ0) is 21.8. The second kappa shape index (κ2) is 9.13. The van der Waals surface area contributed by atoms with E-state index in [0.717, 1.165) is 5.56 Å². The molecule has 4 rings (SSSR count). The molecule has 0 bridgehead atoms. The summed E-state index contributed by atoms with van der Waals surface area (Å²) in [6, 6.07) is 13.6. The molecule has 0 amide bonds. The highest BCUT2D eigenvalue weighted by Crippen LogP contribution is 2.31. The van der Waals surface area contributed by atoms with Gasteiger partial charge >= 0.3 is 5.97 Å². The van der Waals surface area contributed by atoms with E-state index in [1.54, 1.807) is 42.5 Å². The number of esters is 1. The molecular formula is C21H19ClN4O5. The molecule has 0 N–H and O–H groups in total. The fourth-order valence-corrected chi connectivity index (χ4v) is 3.65. The van der Waals surface area contributed by atoms with Crippen LogP contribution in [-0.2, 0) is 16.1 Å². The van der Waals surface area contributed by atoms with Crippen molar-refractivity contribution in [2.24, 2.45) is 5.92 Å². The number of aromatic nitrogens is 2. The molecule has 1 saturated heterocycles. The average Bonchev–Trinajstić information content (AvgIpc) is 3.27. The lowest BCUT2D eigenvalue weighted by Gasteiger charge is -2.32. The normalized spacial score (nSPS) is 14.4. The molecule has 3 aromatic rings. The minimum atomic E-state index is -0.390. The average molecular weight is 443 g/mol. The number of piperidine rings is 1. The van der Waals surface area contributed by atoms with Crippen LogP contribution in [0.2, 0.25) is 5.02 Å². The molecule has 0 aliphatic carbocycles. The first kappa shape index (κ1) is 20.8. The van der Waals surface area contributed by atoms with Gasteiger partial charge in [-0.1, -0.05) is 28.9 Å². The van der Waals surface area contributed by atoms with Crippen molar-refractivity contribution in [2.45, 2.75) is 19.4 Å². The van der Waals surface area contributed by atoms with Gasteiger partial charge in [0.1, 0.15) is 5.69 Å². The number of ether oxygens (including phenoxy) is 1. The van der Waals surface area contributed by atoms with Gasteiger partial charge in [-0.2, -0.15) is 4.98 Å². The minimum Gasteiger partial charge on any atom is -0.455 e. The summed E-state index contributed by atoms with van der Waals surface area (Å²) in [4.78, 5) is 29.5. The second-order valence-corrected chi connectivity index (χ2v) is 7.57. The van der Waals surface area contributed by atoms with Crippen LogP contribution in [0.15, 0.2) is 53.1 Å². The molecule has 1 aliphatic rings. The third kappa shape index (κ3) is 4.83. The largest absolute Gasteiger partial charge is 0.455 e. The van der Waals surface area contributed by atoms with Crippen molar-refractivity contribution in [2.75, 3.05) is 18.0 Å². The Morgan fingerprint density at radius 2 is 1.90 bits per heavy atom. The lowest BCUT2D eigenvalue weighted by atomic mass is 9.96. The number of benzene rings is 2. The van der Waals surface area contributed by atoms with Crippen LogP contribution >= 0.6 is 11.6 Å². The van der Waals surface area contributed by atoms with Gasteiger partial charge < -0.3 is 14.2 Å². The van der Waals surface area contributed by atoms with Gasteiger partial charge in [-0.3, -0.25) is 14.9 Å². The first-order valence-electron chi connectivity index (χ1n) is 9.75. The maximum absolute atomic E-state index is 12.5. The fourth-order valence-electron chi connectivity index (χ4n) is 3.52. The zero-order valence-corrected chi connectivity index (χ0v) is 17.2. The van der Waals surface area contributed by atoms with Gasteiger partial charge in [0, 0.05) is 29.7 Å². The van der Waals surface area contributed by atoms with Crippen molar-refractivity contribution < 1.29 is 19.0 Å². The Balaban J connectivity index is 1.30. The van der Waals surface area contributed by atoms with E-state index in [9.17, 15) is 14.9 Å². The number of hydrogen-bond donors (Lipinski definition) is 0. The Morgan fingerprint density at radius 3 is 2.61 bits per heavy atom. The first-order valence-corrected chi connectivity index (χ1v) is 10.1. The smallest absolute Gasteiger partial charge is 0.309 e. The van der Waals surface area contributed by atoms with Gasteiger partial charge in [0.05, 0.1) is 10.8 Å². The molecule has 1 fully saturated rings. The third-order valence-corrected chi connectivity index (χ3v) is 5.41. The maximum Gasteiger partial charge on any atom is 0.309 e. The molecule has 2 heterocycles. The number of halogens is 1. The topological polar surface area (TPSA) is 112 Å². The van der Waals surface area contributed by atoms with Gasteiger partial charge in [0.2, 0.25) is 5.82 Å². The highest BCUT2D eigenvalue weighted by Gasteiger charge is 2.29. The number of carbonyl (C=O) groups is 1. The van der Waals surface area contributed by atoms with Gasteiger partial charge in [-0.25, -0.2) is 0 Å². The number of nitrogens with zero attached hydrogens (tertiary/aromatic N) is 4. The van der Waals surface area contributed by atoms with E-state index < -0.39 is 4.92 Å². The molecule has 0 atom stereocenters.